The summed E-state index contributed by atoms with van der Waals surface area (Å²) in [5, 5.41) is 0.450. The number of halogens is 3. The maximum Gasteiger partial charge on any atom is 0.327 e. The highest BCUT2D eigenvalue weighted by molar-refractivity contribution is 9.10. The molecule has 0 bridgehead atoms. The first-order valence-electron chi connectivity index (χ1n) is 3.84. The Balaban J connectivity index is 0.00000196. The Morgan fingerprint density at radius 1 is 1.60 bits per heavy atom. The Morgan fingerprint density at radius 2 is 2.20 bits per heavy atom. The number of esters is 1. The number of carbonyl (C=O) groups excluding carboxylic acids is 1. The predicted octanol–water partition coefficient (Wildman–Crippen LogP) is 2.70. The van der Waals surface area contributed by atoms with E-state index in [1.54, 1.807) is 18.2 Å². The van der Waals surface area contributed by atoms with Crippen molar-refractivity contribution in [3.8, 4) is 0 Å². The summed E-state index contributed by atoms with van der Waals surface area (Å²) in [6, 6.07) is 4.30. The van der Waals surface area contributed by atoms with Gasteiger partial charge in [0.2, 0.25) is 0 Å². The summed E-state index contributed by atoms with van der Waals surface area (Å²) >= 11 is 9.15. The maximum absolute atomic E-state index is 11.2. The third-order valence-electron chi connectivity index (χ3n) is 1.75. The molecule has 6 heteroatoms. The van der Waals surface area contributed by atoms with Crippen molar-refractivity contribution in [3.63, 3.8) is 0 Å². The molecule has 3 nitrogen and oxygen atoms in total. The van der Waals surface area contributed by atoms with Crippen LogP contribution in [0.4, 0.5) is 0 Å². The lowest BCUT2D eigenvalue weighted by Gasteiger charge is -2.11. The molecule has 15 heavy (non-hydrogen) atoms. The van der Waals surface area contributed by atoms with Crippen molar-refractivity contribution in [2.45, 2.75) is 6.04 Å². The van der Waals surface area contributed by atoms with Crippen molar-refractivity contribution >= 4 is 45.9 Å². The van der Waals surface area contributed by atoms with Crippen molar-refractivity contribution in [2.24, 2.45) is 5.73 Å². The smallest absolute Gasteiger partial charge is 0.327 e. The Kier molecular flexibility index (Phi) is 6.20. The zero-order valence-corrected chi connectivity index (χ0v) is 11.0. The van der Waals surface area contributed by atoms with Gasteiger partial charge in [0.1, 0.15) is 6.04 Å². The highest BCUT2D eigenvalue weighted by atomic mass is 79.9. The van der Waals surface area contributed by atoms with Crippen LogP contribution in [0.15, 0.2) is 22.7 Å². The zero-order valence-electron chi connectivity index (χ0n) is 7.87. The number of benzene rings is 1. The van der Waals surface area contributed by atoms with E-state index in [1.807, 2.05) is 0 Å². The zero-order chi connectivity index (χ0) is 10.7. The first kappa shape index (κ1) is 14.7. The summed E-state index contributed by atoms with van der Waals surface area (Å²) in [6.45, 7) is 0. The molecule has 2 N–H and O–H groups in total. The van der Waals surface area contributed by atoms with Crippen molar-refractivity contribution in [2.75, 3.05) is 7.11 Å². The van der Waals surface area contributed by atoms with Gasteiger partial charge < -0.3 is 10.5 Å². The molecule has 0 aliphatic rings. The van der Waals surface area contributed by atoms with E-state index >= 15 is 0 Å². The second-order valence-electron chi connectivity index (χ2n) is 2.67. The number of methoxy groups -OCH3 is 1. The minimum absolute atomic E-state index is 0. The van der Waals surface area contributed by atoms with Gasteiger partial charge in [-0.15, -0.1) is 12.4 Å². The fourth-order valence-corrected chi connectivity index (χ4v) is 1.62. The molecule has 1 rings (SSSR count). The quantitative estimate of drug-likeness (QED) is 0.854. The molecule has 1 aromatic rings. The molecule has 0 spiro atoms. The SMILES string of the molecule is COC(=O)[C@@H](N)c1cc(Br)ccc1Cl.Cl. The number of ether oxygens (including phenoxy) is 1. The van der Waals surface area contributed by atoms with Crippen molar-refractivity contribution in [1.82, 2.24) is 0 Å². The largest absolute Gasteiger partial charge is 0.468 e. The van der Waals surface area contributed by atoms with Crippen LogP contribution in [0.3, 0.4) is 0 Å². The molecule has 1 atom stereocenters. The number of rotatable bonds is 2. The molecule has 0 saturated heterocycles. The molecule has 0 aromatic heterocycles. The molecule has 0 aliphatic carbocycles. The van der Waals surface area contributed by atoms with E-state index in [9.17, 15) is 4.79 Å². The van der Waals surface area contributed by atoms with Crippen LogP contribution in [0.1, 0.15) is 11.6 Å². The van der Waals surface area contributed by atoms with Crippen molar-refractivity contribution in [1.29, 1.82) is 0 Å². The molecule has 0 saturated carbocycles. The molecule has 0 unspecified atom stereocenters. The molecule has 0 aliphatic heterocycles. The normalized spacial score (nSPS) is 11.5. The summed E-state index contributed by atoms with van der Waals surface area (Å²) in [5.74, 6) is -0.509. The van der Waals surface area contributed by atoms with E-state index in [2.05, 4.69) is 20.7 Å². The van der Waals surface area contributed by atoms with E-state index in [0.717, 1.165) is 4.47 Å². The molecule has 84 valence electrons. The molecule has 0 amide bonds. The minimum atomic E-state index is -0.843. The first-order valence-corrected chi connectivity index (χ1v) is 5.01. The van der Waals surface area contributed by atoms with Gasteiger partial charge in [-0.05, 0) is 23.8 Å². The lowest BCUT2D eigenvalue weighted by molar-refractivity contribution is -0.142. The summed E-state index contributed by atoms with van der Waals surface area (Å²) in [6.07, 6.45) is 0. The average molecular weight is 315 g/mol. The predicted molar refractivity (Wildman–Crippen MR) is 65.3 cm³/mol. The third kappa shape index (κ3) is 3.65. The summed E-state index contributed by atoms with van der Waals surface area (Å²) in [7, 11) is 1.29. The van der Waals surface area contributed by atoms with Crippen LogP contribution in [0.5, 0.6) is 0 Å². The van der Waals surface area contributed by atoms with Crippen LogP contribution in [0, 0.1) is 0 Å². The van der Waals surface area contributed by atoms with Crippen molar-refractivity contribution in [3.05, 3.63) is 33.3 Å². The second kappa shape index (κ2) is 6.33. The van der Waals surface area contributed by atoms with Crippen LogP contribution in [0.25, 0.3) is 0 Å². The fourth-order valence-electron chi connectivity index (χ4n) is 1.01. The van der Waals surface area contributed by atoms with E-state index in [4.69, 9.17) is 17.3 Å². The molecular weight excluding hydrogens is 305 g/mol. The Morgan fingerprint density at radius 3 is 2.73 bits per heavy atom. The summed E-state index contributed by atoms with van der Waals surface area (Å²) < 4.78 is 5.34. The van der Waals surface area contributed by atoms with Crippen LogP contribution in [0.2, 0.25) is 5.02 Å². The van der Waals surface area contributed by atoms with Gasteiger partial charge in [-0.3, -0.25) is 4.79 Å². The van der Waals surface area contributed by atoms with Crippen LogP contribution >= 0.6 is 39.9 Å². The minimum Gasteiger partial charge on any atom is -0.468 e. The number of hydrogen-bond donors (Lipinski definition) is 1. The van der Waals surface area contributed by atoms with Crippen LogP contribution in [-0.4, -0.2) is 13.1 Å². The van der Waals surface area contributed by atoms with Gasteiger partial charge in [0, 0.05) is 9.50 Å². The second-order valence-corrected chi connectivity index (χ2v) is 3.99. The standard InChI is InChI=1S/C9H9BrClNO2.ClH/c1-14-9(13)8(12)6-4-5(10)2-3-7(6)11;/h2-4,8H,12H2,1H3;1H/t8-;/m0./s1. The van der Waals surface area contributed by atoms with E-state index in [1.165, 1.54) is 7.11 Å². The molecule has 1 aromatic carbocycles. The number of hydrogen-bond acceptors (Lipinski definition) is 3. The molecule has 0 radical (unpaired) electrons. The van der Waals surface area contributed by atoms with Gasteiger partial charge >= 0.3 is 5.97 Å². The van der Waals surface area contributed by atoms with E-state index < -0.39 is 12.0 Å². The number of carbonyl (C=O) groups is 1. The van der Waals surface area contributed by atoms with E-state index in [0.29, 0.717) is 10.6 Å². The van der Waals surface area contributed by atoms with Gasteiger partial charge in [0.25, 0.3) is 0 Å². The number of nitrogens with two attached hydrogens (primary N) is 1. The lowest BCUT2D eigenvalue weighted by Crippen LogP contribution is -2.22. The van der Waals surface area contributed by atoms with Gasteiger partial charge in [-0.2, -0.15) is 0 Å². The third-order valence-corrected chi connectivity index (χ3v) is 2.59. The first-order chi connectivity index (χ1) is 6.56. The van der Waals surface area contributed by atoms with Gasteiger partial charge in [0.15, 0.2) is 0 Å². The Bertz CT molecular complexity index is 360. The highest BCUT2D eigenvalue weighted by Crippen LogP contribution is 2.25. The monoisotopic (exact) mass is 313 g/mol. The Labute approximate surface area is 107 Å². The molecule has 0 heterocycles. The van der Waals surface area contributed by atoms with Crippen molar-refractivity contribution < 1.29 is 9.53 Å². The maximum atomic E-state index is 11.2. The van der Waals surface area contributed by atoms with E-state index in [-0.39, 0.29) is 12.4 Å². The lowest BCUT2D eigenvalue weighted by atomic mass is 10.1. The highest BCUT2D eigenvalue weighted by Gasteiger charge is 2.19. The van der Waals surface area contributed by atoms with Gasteiger partial charge in [0.05, 0.1) is 7.11 Å². The van der Waals surface area contributed by atoms with Gasteiger partial charge in [-0.1, -0.05) is 27.5 Å². The molecular formula is C9H10BrCl2NO2. The average Bonchev–Trinajstić information content (AvgIpc) is 2.19. The topological polar surface area (TPSA) is 52.3 Å². The van der Waals surface area contributed by atoms with Gasteiger partial charge in [-0.25, -0.2) is 0 Å². The summed E-state index contributed by atoms with van der Waals surface area (Å²) in [4.78, 5) is 11.2. The van der Waals surface area contributed by atoms with Crippen LogP contribution < -0.4 is 5.73 Å². The fraction of sp³-hybridized carbons (Fsp3) is 0.222. The molecule has 0 fully saturated rings. The van der Waals surface area contributed by atoms with Crippen LogP contribution in [-0.2, 0) is 9.53 Å². The Hall–Kier alpha value is -0.290. The summed E-state index contributed by atoms with van der Waals surface area (Å²) in [5.41, 5.74) is 6.19.